The average molecular weight is 425 g/mol. The maximum atomic E-state index is 12.5. The van der Waals surface area contributed by atoms with Crippen LogP contribution in [0.15, 0.2) is 29.8 Å². The summed E-state index contributed by atoms with van der Waals surface area (Å²) in [7, 11) is 0. The van der Waals surface area contributed by atoms with Gasteiger partial charge in [-0.25, -0.2) is 0 Å². The Morgan fingerprint density at radius 1 is 1.30 bits per heavy atom. The quantitative estimate of drug-likeness (QED) is 0.367. The standard InChI is InChI=1S/C18H20INO3/c1-18-11-13(10-14(18)4-2-3-5-16(18)21)17(19)12-6-8-15(9-7-12)20(22)23/h6-9,14H,2-5,10-11H2,1H3/b17-13+/t14-,18+/m1/s1. The molecule has 0 N–H and O–H groups in total. The molecule has 0 heterocycles. The van der Waals surface area contributed by atoms with Crippen LogP contribution >= 0.6 is 22.6 Å². The number of nitrogens with zero attached hydrogens (tertiary/aromatic N) is 1. The molecule has 4 nitrogen and oxygen atoms in total. The molecule has 0 saturated heterocycles. The van der Waals surface area contributed by atoms with E-state index in [1.54, 1.807) is 12.1 Å². The molecule has 2 fully saturated rings. The van der Waals surface area contributed by atoms with Crippen molar-refractivity contribution >= 4 is 37.6 Å². The molecule has 122 valence electrons. The summed E-state index contributed by atoms with van der Waals surface area (Å²) in [5, 5.41) is 10.8. The van der Waals surface area contributed by atoms with E-state index in [9.17, 15) is 14.9 Å². The molecule has 0 aromatic heterocycles. The molecule has 1 aromatic carbocycles. The fourth-order valence-electron chi connectivity index (χ4n) is 3.99. The summed E-state index contributed by atoms with van der Waals surface area (Å²) >= 11 is 2.33. The molecule has 2 atom stereocenters. The highest BCUT2D eigenvalue weighted by Gasteiger charge is 2.47. The van der Waals surface area contributed by atoms with Gasteiger partial charge in [0.2, 0.25) is 0 Å². The third kappa shape index (κ3) is 3.07. The first-order valence-corrected chi connectivity index (χ1v) is 9.15. The summed E-state index contributed by atoms with van der Waals surface area (Å²) in [5.74, 6) is 0.873. The van der Waals surface area contributed by atoms with Gasteiger partial charge >= 0.3 is 0 Å². The van der Waals surface area contributed by atoms with Crippen molar-refractivity contribution in [1.82, 2.24) is 0 Å². The van der Waals surface area contributed by atoms with E-state index in [0.29, 0.717) is 18.1 Å². The number of halogens is 1. The SMILES string of the molecule is C[C@]12C/C(=C(/I)c3ccc([N+](=O)[O-])cc3)C[C@H]1CCCCC2=O. The molecular weight excluding hydrogens is 405 g/mol. The van der Waals surface area contributed by atoms with Crippen molar-refractivity contribution in [1.29, 1.82) is 0 Å². The van der Waals surface area contributed by atoms with Gasteiger partial charge in [0.25, 0.3) is 5.69 Å². The molecular formula is C18H20INO3. The predicted octanol–water partition coefficient (Wildman–Crippen LogP) is 5.30. The highest BCUT2D eigenvalue weighted by Crippen LogP contribution is 2.53. The topological polar surface area (TPSA) is 60.2 Å². The molecule has 23 heavy (non-hydrogen) atoms. The molecule has 0 radical (unpaired) electrons. The van der Waals surface area contributed by atoms with Crippen molar-refractivity contribution in [2.45, 2.75) is 45.4 Å². The number of benzene rings is 1. The number of ketones is 1. The Bertz CT molecular complexity index is 680. The summed E-state index contributed by atoms with van der Waals surface area (Å²) in [5.41, 5.74) is 2.26. The van der Waals surface area contributed by atoms with Gasteiger partial charge in [0.05, 0.1) is 4.92 Å². The molecule has 0 aliphatic heterocycles. The fraction of sp³-hybridized carbons (Fsp3) is 0.500. The van der Waals surface area contributed by atoms with Crippen molar-refractivity contribution in [3.05, 3.63) is 45.5 Å². The number of Topliss-reactive ketones (excluding diaryl/α,β-unsaturated/α-hetero) is 1. The van der Waals surface area contributed by atoms with Gasteiger partial charge in [0.15, 0.2) is 0 Å². The Kier molecular flexibility index (Phi) is 4.58. The van der Waals surface area contributed by atoms with E-state index >= 15 is 0 Å². The first kappa shape index (κ1) is 16.6. The van der Waals surface area contributed by atoms with E-state index in [1.807, 2.05) is 12.1 Å². The van der Waals surface area contributed by atoms with Crippen LogP contribution in [-0.2, 0) is 4.79 Å². The van der Waals surface area contributed by atoms with Crippen LogP contribution in [0.3, 0.4) is 0 Å². The number of carbonyl (C=O) groups excluding carboxylic acids is 1. The lowest BCUT2D eigenvalue weighted by molar-refractivity contribution is -0.384. The largest absolute Gasteiger partial charge is 0.299 e. The summed E-state index contributed by atoms with van der Waals surface area (Å²) in [6.07, 6.45) is 5.85. The normalized spacial score (nSPS) is 29.8. The maximum Gasteiger partial charge on any atom is 0.269 e. The molecule has 3 rings (SSSR count). The van der Waals surface area contributed by atoms with Gasteiger partial charge < -0.3 is 0 Å². The average Bonchev–Trinajstić information content (AvgIpc) is 2.82. The van der Waals surface area contributed by atoms with Crippen molar-refractivity contribution < 1.29 is 9.72 Å². The van der Waals surface area contributed by atoms with Crippen LogP contribution in [0.2, 0.25) is 0 Å². The summed E-state index contributed by atoms with van der Waals surface area (Å²) in [6.45, 7) is 2.14. The van der Waals surface area contributed by atoms with Gasteiger partial charge in [-0.05, 0) is 71.9 Å². The van der Waals surface area contributed by atoms with Gasteiger partial charge in [0.1, 0.15) is 5.78 Å². The first-order valence-electron chi connectivity index (χ1n) is 8.07. The van der Waals surface area contributed by atoms with Crippen LogP contribution < -0.4 is 0 Å². The molecule has 0 spiro atoms. The zero-order chi connectivity index (χ0) is 16.6. The molecule has 0 bridgehead atoms. The van der Waals surface area contributed by atoms with E-state index in [1.165, 1.54) is 5.57 Å². The smallest absolute Gasteiger partial charge is 0.269 e. The molecule has 2 saturated carbocycles. The first-order chi connectivity index (χ1) is 10.9. The molecule has 2 aliphatic carbocycles. The minimum atomic E-state index is -0.378. The lowest BCUT2D eigenvalue weighted by atomic mass is 9.75. The van der Waals surface area contributed by atoms with Crippen LogP contribution in [-0.4, -0.2) is 10.7 Å². The van der Waals surface area contributed by atoms with Crippen LogP contribution in [0.1, 0.15) is 51.0 Å². The second kappa shape index (κ2) is 6.34. The van der Waals surface area contributed by atoms with Crippen LogP contribution in [0.25, 0.3) is 3.58 Å². The molecule has 0 unspecified atom stereocenters. The minimum Gasteiger partial charge on any atom is -0.299 e. The highest BCUT2D eigenvalue weighted by molar-refractivity contribution is 14.1. The van der Waals surface area contributed by atoms with Gasteiger partial charge in [-0.3, -0.25) is 14.9 Å². The van der Waals surface area contributed by atoms with Crippen LogP contribution in [0, 0.1) is 21.4 Å². The summed E-state index contributed by atoms with van der Waals surface area (Å²) in [6, 6.07) is 6.72. The number of carbonyl (C=O) groups is 1. The molecule has 2 aliphatic rings. The van der Waals surface area contributed by atoms with E-state index < -0.39 is 0 Å². The Balaban J connectivity index is 1.90. The van der Waals surface area contributed by atoms with Crippen molar-refractivity contribution in [3.8, 4) is 0 Å². The van der Waals surface area contributed by atoms with Gasteiger partial charge in [-0.1, -0.05) is 18.9 Å². The number of rotatable bonds is 2. The number of fused-ring (bicyclic) bond motifs is 1. The Hall–Kier alpha value is -1.24. The third-order valence-corrected chi connectivity index (χ3v) is 6.85. The summed E-state index contributed by atoms with van der Waals surface area (Å²) < 4.78 is 1.15. The minimum absolute atomic E-state index is 0.113. The Morgan fingerprint density at radius 2 is 2.00 bits per heavy atom. The van der Waals surface area contributed by atoms with Crippen LogP contribution in [0.4, 0.5) is 5.69 Å². The monoisotopic (exact) mass is 425 g/mol. The third-order valence-electron chi connectivity index (χ3n) is 5.46. The fourth-order valence-corrected chi connectivity index (χ4v) is 4.76. The van der Waals surface area contributed by atoms with Gasteiger partial charge in [0, 0.05) is 27.5 Å². The van der Waals surface area contributed by atoms with E-state index in [-0.39, 0.29) is 16.0 Å². The second-order valence-electron chi connectivity index (χ2n) is 6.89. The number of nitro groups is 1. The van der Waals surface area contributed by atoms with Gasteiger partial charge in [-0.2, -0.15) is 0 Å². The van der Waals surface area contributed by atoms with Crippen molar-refractivity contribution in [3.63, 3.8) is 0 Å². The van der Waals surface area contributed by atoms with Crippen LogP contribution in [0.5, 0.6) is 0 Å². The maximum absolute atomic E-state index is 12.5. The zero-order valence-corrected chi connectivity index (χ0v) is 15.3. The highest BCUT2D eigenvalue weighted by atomic mass is 127. The lowest BCUT2D eigenvalue weighted by Gasteiger charge is -2.27. The van der Waals surface area contributed by atoms with Gasteiger partial charge in [-0.15, -0.1) is 0 Å². The summed E-state index contributed by atoms with van der Waals surface area (Å²) in [4.78, 5) is 22.9. The molecule has 1 aromatic rings. The van der Waals surface area contributed by atoms with E-state index in [2.05, 4.69) is 29.5 Å². The number of nitro benzene ring substituents is 1. The number of hydrogen-bond donors (Lipinski definition) is 0. The Labute approximate surface area is 149 Å². The number of hydrogen-bond acceptors (Lipinski definition) is 3. The van der Waals surface area contributed by atoms with Crippen molar-refractivity contribution in [2.75, 3.05) is 0 Å². The Morgan fingerprint density at radius 3 is 2.65 bits per heavy atom. The van der Waals surface area contributed by atoms with E-state index in [4.69, 9.17) is 0 Å². The molecule has 0 amide bonds. The van der Waals surface area contributed by atoms with Crippen molar-refractivity contribution in [2.24, 2.45) is 11.3 Å². The van der Waals surface area contributed by atoms with E-state index in [0.717, 1.165) is 41.2 Å². The second-order valence-corrected chi connectivity index (χ2v) is 7.96. The zero-order valence-electron chi connectivity index (χ0n) is 13.2. The number of allylic oxidation sites excluding steroid dienone is 1. The lowest BCUT2D eigenvalue weighted by Crippen LogP contribution is -2.29. The number of non-ortho nitro benzene ring substituents is 1. The predicted molar refractivity (Wildman–Crippen MR) is 98.3 cm³/mol. The molecule has 5 heteroatoms.